The van der Waals surface area contributed by atoms with Gasteiger partial charge in [-0.2, -0.15) is 0 Å². The van der Waals surface area contributed by atoms with Crippen molar-refractivity contribution in [2.75, 3.05) is 37.7 Å². The Balaban J connectivity index is 0.940. The molecule has 0 spiro atoms. The van der Waals surface area contributed by atoms with E-state index in [1.807, 2.05) is 36.4 Å². The number of hydrogen-bond acceptors (Lipinski definition) is 9. The van der Waals surface area contributed by atoms with Crippen molar-refractivity contribution in [3.63, 3.8) is 0 Å². The molecule has 0 unspecified atom stereocenters. The summed E-state index contributed by atoms with van der Waals surface area (Å²) in [4.78, 5) is 4.87. The minimum absolute atomic E-state index is 0.0353. The molecule has 1 saturated carbocycles. The minimum atomic E-state index is -1.44. The molecule has 0 bridgehead atoms. The zero-order valence-corrected chi connectivity index (χ0v) is 26.7. The van der Waals surface area contributed by atoms with E-state index in [4.69, 9.17) is 18.9 Å². The maximum absolute atomic E-state index is 10.8. The summed E-state index contributed by atoms with van der Waals surface area (Å²) in [6.07, 6.45) is 0.889. The molecule has 9 nitrogen and oxygen atoms in total. The number of nitrogens with zero attached hydrogens (tertiary/aromatic N) is 2. The van der Waals surface area contributed by atoms with E-state index >= 15 is 0 Å². The van der Waals surface area contributed by atoms with Crippen LogP contribution >= 0.6 is 0 Å². The first-order chi connectivity index (χ1) is 22.4. The van der Waals surface area contributed by atoms with Crippen LogP contribution in [-0.2, 0) is 17.7 Å². The Bertz CT molecular complexity index is 1340. The van der Waals surface area contributed by atoms with Crippen LogP contribution in [0.2, 0.25) is 0 Å². The van der Waals surface area contributed by atoms with Gasteiger partial charge in [0, 0.05) is 38.4 Å². The second-order valence-electron chi connectivity index (χ2n) is 12.7. The highest BCUT2D eigenvalue weighted by molar-refractivity contribution is 5.49. The van der Waals surface area contributed by atoms with Crippen LogP contribution in [0.3, 0.4) is 0 Å². The number of aryl methyl sites for hydroxylation is 1. The van der Waals surface area contributed by atoms with Crippen molar-refractivity contribution >= 4 is 5.69 Å². The molecule has 2 aliphatic heterocycles. The molecule has 6 rings (SSSR count). The SMILES string of the molecule is CCc1ccc(CN2CCN(c3ccc(OC[C@H]4O[C@H](O)[C@H](Oc5ccc(OC6CCCCC6)cc5)[C@@H](O)[C@@H]4O)cc3)CC2)cc1. The monoisotopic (exact) mass is 632 g/mol. The van der Waals surface area contributed by atoms with Crippen LogP contribution in [0, 0.1) is 0 Å². The molecule has 1 aliphatic carbocycles. The predicted octanol–water partition coefficient (Wildman–Crippen LogP) is 4.55. The molecule has 3 aliphatic rings. The van der Waals surface area contributed by atoms with Crippen LogP contribution in [0.1, 0.15) is 50.2 Å². The van der Waals surface area contributed by atoms with Crippen LogP contribution in [0.4, 0.5) is 5.69 Å². The van der Waals surface area contributed by atoms with E-state index in [1.54, 1.807) is 12.1 Å². The van der Waals surface area contributed by atoms with E-state index in [1.165, 1.54) is 30.4 Å². The first-order valence-electron chi connectivity index (χ1n) is 16.9. The quantitative estimate of drug-likeness (QED) is 0.281. The lowest BCUT2D eigenvalue weighted by atomic mass is 9.98. The Kier molecular flexibility index (Phi) is 11.0. The third-order valence-electron chi connectivity index (χ3n) is 9.44. The van der Waals surface area contributed by atoms with Crippen LogP contribution in [0.5, 0.6) is 17.2 Å². The van der Waals surface area contributed by atoms with Gasteiger partial charge in [-0.1, -0.05) is 37.6 Å². The average molecular weight is 633 g/mol. The molecular weight excluding hydrogens is 584 g/mol. The van der Waals surface area contributed by atoms with Crippen LogP contribution < -0.4 is 19.1 Å². The molecule has 3 aromatic rings. The summed E-state index contributed by atoms with van der Waals surface area (Å²) in [7, 11) is 0. The highest BCUT2D eigenvalue weighted by Crippen LogP contribution is 2.29. The molecule has 9 heteroatoms. The van der Waals surface area contributed by atoms with E-state index < -0.39 is 30.7 Å². The topological polar surface area (TPSA) is 104 Å². The Labute approximate surface area is 272 Å². The Morgan fingerprint density at radius 2 is 1.30 bits per heavy atom. The minimum Gasteiger partial charge on any atom is -0.491 e. The standard InChI is InChI=1S/C37H48N2O7/c1-2-26-8-10-27(11-9-26)24-38-20-22-39(23-21-38)28-12-14-29(15-13-28)43-25-33-34(40)35(41)36(37(42)46-33)45-32-18-16-31(17-19-32)44-30-6-4-3-5-7-30/h8-19,30,33-37,40-42H,2-7,20-25H2,1H3/t33-,34-,35+,36-,37+/m1/s1. The summed E-state index contributed by atoms with van der Waals surface area (Å²) in [5.74, 6) is 1.82. The second kappa shape index (κ2) is 15.5. The van der Waals surface area contributed by atoms with Crippen LogP contribution in [-0.4, -0.2) is 89.8 Å². The van der Waals surface area contributed by atoms with Gasteiger partial charge in [0.25, 0.3) is 0 Å². The zero-order chi connectivity index (χ0) is 31.9. The van der Waals surface area contributed by atoms with Gasteiger partial charge in [-0.3, -0.25) is 4.90 Å². The average Bonchev–Trinajstić information content (AvgIpc) is 3.10. The van der Waals surface area contributed by atoms with Crippen molar-refractivity contribution in [2.24, 2.45) is 0 Å². The van der Waals surface area contributed by atoms with E-state index in [0.29, 0.717) is 11.5 Å². The predicted molar refractivity (Wildman–Crippen MR) is 176 cm³/mol. The molecule has 3 N–H and O–H groups in total. The van der Waals surface area contributed by atoms with Gasteiger partial charge in [0.05, 0.1) is 6.10 Å². The molecule has 3 aromatic carbocycles. The summed E-state index contributed by atoms with van der Waals surface area (Å²) >= 11 is 0. The fraction of sp³-hybridized carbons (Fsp3) is 0.514. The maximum atomic E-state index is 10.8. The van der Waals surface area contributed by atoms with Crippen molar-refractivity contribution in [1.29, 1.82) is 0 Å². The molecule has 2 heterocycles. The summed E-state index contributed by atoms with van der Waals surface area (Å²) in [6, 6.07) is 23.9. The molecule has 2 saturated heterocycles. The number of hydrogen-bond donors (Lipinski definition) is 3. The van der Waals surface area contributed by atoms with Gasteiger partial charge < -0.3 is 39.2 Å². The number of anilines is 1. The normalized spacial score (nSPS) is 26.1. The third kappa shape index (κ3) is 8.32. The van der Waals surface area contributed by atoms with Crippen molar-refractivity contribution in [2.45, 2.75) is 88.8 Å². The lowest BCUT2D eigenvalue weighted by Gasteiger charge is -2.40. The highest BCUT2D eigenvalue weighted by Gasteiger charge is 2.45. The van der Waals surface area contributed by atoms with Crippen LogP contribution in [0.15, 0.2) is 72.8 Å². The number of piperazine rings is 1. The largest absolute Gasteiger partial charge is 0.491 e. The second-order valence-corrected chi connectivity index (χ2v) is 12.7. The molecule has 0 amide bonds. The lowest BCUT2D eigenvalue weighted by Crippen LogP contribution is -2.60. The first-order valence-corrected chi connectivity index (χ1v) is 16.9. The Hall–Kier alpha value is -3.34. The van der Waals surface area contributed by atoms with Gasteiger partial charge in [0.2, 0.25) is 0 Å². The first kappa shape index (κ1) is 32.6. The number of rotatable bonds is 11. The van der Waals surface area contributed by atoms with Gasteiger partial charge in [0.1, 0.15) is 42.2 Å². The maximum Gasteiger partial charge on any atom is 0.195 e. The lowest BCUT2D eigenvalue weighted by molar-refractivity contribution is -0.279. The van der Waals surface area contributed by atoms with Crippen molar-refractivity contribution < 1.29 is 34.3 Å². The number of ether oxygens (including phenoxy) is 4. The van der Waals surface area contributed by atoms with Crippen molar-refractivity contribution in [3.05, 3.63) is 83.9 Å². The molecule has 46 heavy (non-hydrogen) atoms. The summed E-state index contributed by atoms with van der Waals surface area (Å²) in [5.41, 5.74) is 3.86. The van der Waals surface area contributed by atoms with Gasteiger partial charge in [-0.05, 0) is 91.8 Å². The Morgan fingerprint density at radius 3 is 1.96 bits per heavy atom. The van der Waals surface area contributed by atoms with Crippen LogP contribution in [0.25, 0.3) is 0 Å². The van der Waals surface area contributed by atoms with E-state index in [-0.39, 0.29) is 12.7 Å². The Morgan fingerprint density at radius 1 is 0.696 bits per heavy atom. The molecule has 3 fully saturated rings. The van der Waals surface area contributed by atoms with Gasteiger partial charge in [0.15, 0.2) is 12.4 Å². The number of aliphatic hydroxyl groups is 3. The fourth-order valence-electron chi connectivity index (χ4n) is 6.55. The summed E-state index contributed by atoms with van der Waals surface area (Å²) < 4.78 is 23.4. The molecule has 0 aromatic heterocycles. The number of benzene rings is 3. The van der Waals surface area contributed by atoms with Gasteiger partial charge in [-0.25, -0.2) is 0 Å². The van der Waals surface area contributed by atoms with Gasteiger partial charge >= 0.3 is 0 Å². The molecule has 0 radical (unpaired) electrons. The highest BCUT2D eigenvalue weighted by atomic mass is 16.7. The van der Waals surface area contributed by atoms with Crippen molar-refractivity contribution in [3.8, 4) is 17.2 Å². The fourth-order valence-corrected chi connectivity index (χ4v) is 6.55. The molecule has 5 atom stereocenters. The molecular formula is C37H48N2O7. The summed E-state index contributed by atoms with van der Waals surface area (Å²) in [6.45, 7) is 7.02. The van der Waals surface area contributed by atoms with E-state index in [2.05, 4.69) is 41.0 Å². The number of aliphatic hydroxyl groups excluding tert-OH is 3. The van der Waals surface area contributed by atoms with Gasteiger partial charge in [-0.15, -0.1) is 0 Å². The van der Waals surface area contributed by atoms with E-state index in [9.17, 15) is 15.3 Å². The van der Waals surface area contributed by atoms with Crippen molar-refractivity contribution in [1.82, 2.24) is 4.90 Å². The zero-order valence-electron chi connectivity index (χ0n) is 26.7. The van der Waals surface area contributed by atoms with E-state index in [0.717, 1.165) is 63.4 Å². The summed E-state index contributed by atoms with van der Waals surface area (Å²) in [5, 5.41) is 32.2. The smallest absolute Gasteiger partial charge is 0.195 e. The molecule has 248 valence electrons. The third-order valence-corrected chi connectivity index (χ3v) is 9.44.